The second-order valence-electron chi connectivity index (χ2n) is 4.19. The van der Waals surface area contributed by atoms with Crippen molar-refractivity contribution < 1.29 is 9.13 Å². The van der Waals surface area contributed by atoms with Crippen molar-refractivity contribution in [3.63, 3.8) is 0 Å². The fourth-order valence-electron chi connectivity index (χ4n) is 1.83. The molecule has 0 aliphatic rings. The molecule has 1 aromatic carbocycles. The van der Waals surface area contributed by atoms with Crippen LogP contribution in [-0.4, -0.2) is 20.3 Å². The first kappa shape index (κ1) is 14.1. The summed E-state index contributed by atoms with van der Waals surface area (Å²) in [6.45, 7) is 3.89. The molecule has 1 N–H and O–H groups in total. The molecule has 0 aliphatic heterocycles. The van der Waals surface area contributed by atoms with E-state index in [1.165, 1.54) is 12.1 Å². The van der Waals surface area contributed by atoms with Crippen LogP contribution in [0.4, 0.5) is 4.39 Å². The van der Waals surface area contributed by atoms with Gasteiger partial charge in [0.15, 0.2) is 0 Å². The van der Waals surface area contributed by atoms with Crippen molar-refractivity contribution in [1.29, 1.82) is 0 Å². The zero-order chi connectivity index (χ0) is 12.5. The Balaban J connectivity index is 2.57. The van der Waals surface area contributed by atoms with Crippen molar-refractivity contribution >= 4 is 0 Å². The molecule has 96 valence electrons. The van der Waals surface area contributed by atoms with E-state index in [0.29, 0.717) is 6.04 Å². The van der Waals surface area contributed by atoms with Gasteiger partial charge < -0.3 is 10.1 Å². The number of hydrogen-bond donors (Lipinski definition) is 1. The number of methoxy groups -OCH3 is 1. The van der Waals surface area contributed by atoms with E-state index in [1.54, 1.807) is 7.11 Å². The number of rotatable bonds is 8. The van der Waals surface area contributed by atoms with Crippen LogP contribution in [0.3, 0.4) is 0 Å². The Kier molecular flexibility index (Phi) is 6.82. The van der Waals surface area contributed by atoms with Crippen LogP contribution in [0.5, 0.6) is 0 Å². The van der Waals surface area contributed by atoms with Crippen molar-refractivity contribution in [1.82, 2.24) is 5.32 Å². The van der Waals surface area contributed by atoms with Gasteiger partial charge in [-0.1, -0.05) is 19.1 Å². The molecule has 0 radical (unpaired) electrons. The van der Waals surface area contributed by atoms with E-state index in [0.717, 1.165) is 38.0 Å². The lowest BCUT2D eigenvalue weighted by Crippen LogP contribution is -2.22. The summed E-state index contributed by atoms with van der Waals surface area (Å²) >= 11 is 0. The Labute approximate surface area is 103 Å². The zero-order valence-electron chi connectivity index (χ0n) is 10.7. The molecule has 0 spiro atoms. The van der Waals surface area contributed by atoms with E-state index in [1.807, 2.05) is 12.1 Å². The molecule has 0 saturated carbocycles. The average Bonchev–Trinajstić information content (AvgIpc) is 2.35. The summed E-state index contributed by atoms with van der Waals surface area (Å²) in [6, 6.07) is 7.05. The highest BCUT2D eigenvalue weighted by atomic mass is 19.1. The molecule has 0 fully saturated rings. The van der Waals surface area contributed by atoms with E-state index in [9.17, 15) is 4.39 Å². The third kappa shape index (κ3) is 5.29. The highest BCUT2D eigenvalue weighted by Crippen LogP contribution is 2.19. The van der Waals surface area contributed by atoms with Gasteiger partial charge >= 0.3 is 0 Å². The fraction of sp³-hybridized carbons (Fsp3) is 0.571. The lowest BCUT2D eigenvalue weighted by Gasteiger charge is -2.18. The number of hydrogen-bond acceptors (Lipinski definition) is 2. The highest BCUT2D eigenvalue weighted by molar-refractivity contribution is 5.19. The maximum absolute atomic E-state index is 12.9. The van der Waals surface area contributed by atoms with Gasteiger partial charge in [-0.05, 0) is 43.5 Å². The third-order valence-corrected chi connectivity index (χ3v) is 2.75. The molecule has 0 aliphatic carbocycles. The van der Waals surface area contributed by atoms with Crippen molar-refractivity contribution in [3.05, 3.63) is 35.6 Å². The molecule has 0 amide bonds. The number of halogens is 1. The van der Waals surface area contributed by atoms with Gasteiger partial charge in [0.05, 0.1) is 0 Å². The zero-order valence-corrected chi connectivity index (χ0v) is 10.7. The Morgan fingerprint density at radius 2 is 2.00 bits per heavy atom. The standard InChI is InChI=1S/C14H22FNO/c1-3-10-16-14(5-4-11-17-2)12-6-8-13(15)9-7-12/h6-9,14,16H,3-5,10-11H2,1-2H3. The van der Waals surface area contributed by atoms with Crippen LogP contribution in [0.15, 0.2) is 24.3 Å². The quantitative estimate of drug-likeness (QED) is 0.703. The first-order valence-corrected chi connectivity index (χ1v) is 6.25. The summed E-state index contributed by atoms with van der Waals surface area (Å²) < 4.78 is 17.9. The van der Waals surface area contributed by atoms with Gasteiger partial charge in [-0.2, -0.15) is 0 Å². The summed E-state index contributed by atoms with van der Waals surface area (Å²) in [5.41, 5.74) is 1.15. The van der Waals surface area contributed by atoms with Crippen LogP contribution in [0.25, 0.3) is 0 Å². The predicted octanol–water partition coefficient (Wildman–Crippen LogP) is 3.29. The Bertz CT molecular complexity index is 300. The van der Waals surface area contributed by atoms with E-state index >= 15 is 0 Å². The summed E-state index contributed by atoms with van der Waals surface area (Å²) in [7, 11) is 1.71. The average molecular weight is 239 g/mol. The van der Waals surface area contributed by atoms with Gasteiger partial charge in [0.1, 0.15) is 5.82 Å². The largest absolute Gasteiger partial charge is 0.385 e. The van der Waals surface area contributed by atoms with Crippen molar-refractivity contribution in [3.8, 4) is 0 Å². The molecule has 3 heteroatoms. The molecule has 1 aromatic rings. The minimum absolute atomic E-state index is 0.181. The number of benzene rings is 1. The van der Waals surface area contributed by atoms with Gasteiger partial charge in [0.25, 0.3) is 0 Å². The molecule has 0 bridgehead atoms. The van der Waals surface area contributed by atoms with E-state index in [4.69, 9.17) is 4.74 Å². The minimum atomic E-state index is -0.181. The second-order valence-corrected chi connectivity index (χ2v) is 4.19. The molecule has 1 atom stereocenters. The first-order chi connectivity index (χ1) is 8.27. The van der Waals surface area contributed by atoms with E-state index in [2.05, 4.69) is 12.2 Å². The van der Waals surface area contributed by atoms with E-state index in [-0.39, 0.29) is 5.82 Å². The van der Waals surface area contributed by atoms with Gasteiger partial charge in [-0.15, -0.1) is 0 Å². The van der Waals surface area contributed by atoms with Crippen LogP contribution in [0.1, 0.15) is 37.8 Å². The molecule has 0 aromatic heterocycles. The number of ether oxygens (including phenoxy) is 1. The van der Waals surface area contributed by atoms with Crippen LogP contribution in [0.2, 0.25) is 0 Å². The van der Waals surface area contributed by atoms with Crippen molar-refractivity contribution in [2.75, 3.05) is 20.3 Å². The minimum Gasteiger partial charge on any atom is -0.385 e. The first-order valence-electron chi connectivity index (χ1n) is 6.25. The van der Waals surface area contributed by atoms with E-state index < -0.39 is 0 Å². The second kappa shape index (κ2) is 8.20. The predicted molar refractivity (Wildman–Crippen MR) is 68.5 cm³/mol. The lowest BCUT2D eigenvalue weighted by atomic mass is 10.0. The van der Waals surface area contributed by atoms with Gasteiger partial charge in [0, 0.05) is 19.8 Å². The molecular formula is C14H22FNO. The molecule has 17 heavy (non-hydrogen) atoms. The summed E-state index contributed by atoms with van der Waals surface area (Å²) in [6.07, 6.45) is 3.12. The monoisotopic (exact) mass is 239 g/mol. The molecular weight excluding hydrogens is 217 g/mol. The summed E-state index contributed by atoms with van der Waals surface area (Å²) in [5.74, 6) is -0.181. The van der Waals surface area contributed by atoms with Crippen LogP contribution < -0.4 is 5.32 Å². The fourth-order valence-corrected chi connectivity index (χ4v) is 1.83. The normalized spacial score (nSPS) is 12.6. The third-order valence-electron chi connectivity index (χ3n) is 2.75. The molecule has 1 unspecified atom stereocenters. The summed E-state index contributed by atoms with van der Waals surface area (Å²) in [5, 5.41) is 3.49. The van der Waals surface area contributed by atoms with Crippen molar-refractivity contribution in [2.24, 2.45) is 0 Å². The molecule has 0 heterocycles. The smallest absolute Gasteiger partial charge is 0.123 e. The molecule has 1 rings (SSSR count). The van der Waals surface area contributed by atoms with Gasteiger partial charge in [-0.3, -0.25) is 0 Å². The summed E-state index contributed by atoms with van der Waals surface area (Å²) in [4.78, 5) is 0. The van der Waals surface area contributed by atoms with Crippen LogP contribution in [-0.2, 0) is 4.74 Å². The van der Waals surface area contributed by atoms with Gasteiger partial charge in [0.2, 0.25) is 0 Å². The van der Waals surface area contributed by atoms with Crippen molar-refractivity contribution in [2.45, 2.75) is 32.2 Å². The maximum atomic E-state index is 12.9. The highest BCUT2D eigenvalue weighted by Gasteiger charge is 2.10. The lowest BCUT2D eigenvalue weighted by molar-refractivity contribution is 0.188. The topological polar surface area (TPSA) is 21.3 Å². The Morgan fingerprint density at radius 3 is 2.59 bits per heavy atom. The van der Waals surface area contributed by atoms with Crippen LogP contribution in [0, 0.1) is 5.82 Å². The molecule has 2 nitrogen and oxygen atoms in total. The number of nitrogens with one attached hydrogen (secondary N) is 1. The van der Waals surface area contributed by atoms with Gasteiger partial charge in [-0.25, -0.2) is 4.39 Å². The maximum Gasteiger partial charge on any atom is 0.123 e. The SMILES string of the molecule is CCCNC(CCCOC)c1ccc(F)cc1. The Hall–Kier alpha value is -0.930. The van der Waals surface area contributed by atoms with Crippen LogP contribution >= 0.6 is 0 Å². The Morgan fingerprint density at radius 1 is 1.29 bits per heavy atom. The molecule has 0 saturated heterocycles.